The molecule has 0 atom stereocenters. The van der Waals surface area contributed by atoms with Crippen LogP contribution in [0, 0.1) is 11.6 Å². The maximum Gasteiger partial charge on any atom is 0.168 e. The maximum atomic E-state index is 13.4. The van der Waals surface area contributed by atoms with Crippen molar-refractivity contribution in [1.82, 2.24) is 4.98 Å². The van der Waals surface area contributed by atoms with Crippen molar-refractivity contribution >= 4 is 5.82 Å². The zero-order valence-corrected chi connectivity index (χ0v) is 11.1. The summed E-state index contributed by atoms with van der Waals surface area (Å²) in [5, 5.41) is 2.80. The predicted molar refractivity (Wildman–Crippen MR) is 71.0 cm³/mol. The summed E-state index contributed by atoms with van der Waals surface area (Å²) in [6.45, 7) is 0.329. The molecule has 106 valence electrons. The highest BCUT2D eigenvalue weighted by molar-refractivity contribution is 5.44. The monoisotopic (exact) mass is 280 g/mol. The largest absolute Gasteiger partial charge is 0.493 e. The fourth-order valence-corrected chi connectivity index (χ4v) is 1.72. The van der Waals surface area contributed by atoms with Crippen molar-refractivity contribution in [2.75, 3.05) is 19.5 Å². The Morgan fingerprint density at radius 2 is 1.85 bits per heavy atom. The molecule has 0 saturated carbocycles. The number of methoxy groups -OCH3 is 2. The summed E-state index contributed by atoms with van der Waals surface area (Å²) in [7, 11) is 3.09. The van der Waals surface area contributed by atoms with Gasteiger partial charge in [0.15, 0.2) is 23.1 Å². The molecule has 1 N–H and O–H groups in total. The van der Waals surface area contributed by atoms with E-state index >= 15 is 0 Å². The highest BCUT2D eigenvalue weighted by Gasteiger charge is 2.07. The van der Waals surface area contributed by atoms with Crippen LogP contribution in [-0.2, 0) is 6.54 Å². The van der Waals surface area contributed by atoms with Gasteiger partial charge in [0.2, 0.25) is 0 Å². The normalized spacial score (nSPS) is 10.2. The van der Waals surface area contributed by atoms with Gasteiger partial charge in [-0.2, -0.15) is 0 Å². The van der Waals surface area contributed by atoms with Crippen molar-refractivity contribution in [3.63, 3.8) is 0 Å². The summed E-state index contributed by atoms with van der Waals surface area (Å²) in [5.41, 5.74) is 0.855. The second-order valence-corrected chi connectivity index (χ2v) is 4.03. The number of benzene rings is 1. The Morgan fingerprint density at radius 3 is 2.50 bits per heavy atom. The van der Waals surface area contributed by atoms with Gasteiger partial charge in [-0.25, -0.2) is 13.8 Å². The molecule has 20 heavy (non-hydrogen) atoms. The van der Waals surface area contributed by atoms with Crippen LogP contribution < -0.4 is 14.8 Å². The summed E-state index contributed by atoms with van der Waals surface area (Å²) in [5.74, 6) is -0.243. The number of hydrogen-bond acceptors (Lipinski definition) is 4. The van der Waals surface area contributed by atoms with Gasteiger partial charge in [-0.1, -0.05) is 6.07 Å². The Hall–Kier alpha value is -2.37. The number of ether oxygens (including phenoxy) is 2. The van der Waals surface area contributed by atoms with Gasteiger partial charge in [0.1, 0.15) is 5.82 Å². The molecule has 6 heteroatoms. The Kier molecular flexibility index (Phi) is 4.34. The summed E-state index contributed by atoms with van der Waals surface area (Å²) < 4.78 is 36.4. The molecule has 0 aliphatic carbocycles. The van der Waals surface area contributed by atoms with Crippen molar-refractivity contribution in [3.05, 3.63) is 47.7 Å². The highest BCUT2D eigenvalue weighted by atomic mass is 19.1. The van der Waals surface area contributed by atoms with Crippen LogP contribution in [0.4, 0.5) is 14.6 Å². The van der Waals surface area contributed by atoms with E-state index in [1.807, 2.05) is 6.07 Å². The molecule has 1 aromatic heterocycles. The molecule has 2 aromatic rings. The first kappa shape index (κ1) is 14.0. The molecule has 4 nitrogen and oxygen atoms in total. The van der Waals surface area contributed by atoms with E-state index in [0.29, 0.717) is 18.0 Å². The van der Waals surface area contributed by atoms with E-state index in [4.69, 9.17) is 9.47 Å². The predicted octanol–water partition coefficient (Wildman–Crippen LogP) is 2.99. The Morgan fingerprint density at radius 1 is 1.10 bits per heavy atom. The molecule has 0 fully saturated rings. The maximum absolute atomic E-state index is 13.4. The first-order valence-electron chi connectivity index (χ1n) is 5.90. The minimum absolute atomic E-state index is 0.00110. The lowest BCUT2D eigenvalue weighted by Gasteiger charge is -2.11. The molecule has 0 saturated heterocycles. The first-order valence-corrected chi connectivity index (χ1v) is 5.90. The van der Waals surface area contributed by atoms with Crippen LogP contribution in [0.2, 0.25) is 0 Å². The molecule has 0 aliphatic rings. The molecular formula is C14H14F2N2O2. The summed E-state index contributed by atoms with van der Waals surface area (Å²) in [4.78, 5) is 3.65. The molecule has 1 heterocycles. The smallest absolute Gasteiger partial charge is 0.168 e. The first-order chi connectivity index (χ1) is 9.63. The second-order valence-electron chi connectivity index (χ2n) is 4.03. The third-order valence-corrected chi connectivity index (χ3v) is 2.72. The van der Waals surface area contributed by atoms with Gasteiger partial charge in [-0.3, -0.25) is 0 Å². The van der Waals surface area contributed by atoms with Crippen LogP contribution in [0.25, 0.3) is 0 Å². The van der Waals surface area contributed by atoms with Crippen LogP contribution in [0.3, 0.4) is 0 Å². The lowest BCUT2D eigenvalue weighted by atomic mass is 10.2. The zero-order chi connectivity index (χ0) is 14.5. The van der Waals surface area contributed by atoms with Gasteiger partial charge >= 0.3 is 0 Å². The summed E-state index contributed by atoms with van der Waals surface area (Å²) in [6.07, 6.45) is 0.958. The van der Waals surface area contributed by atoms with Crippen molar-refractivity contribution in [2.24, 2.45) is 0 Å². The van der Waals surface area contributed by atoms with Gasteiger partial charge in [-0.15, -0.1) is 0 Å². The lowest BCUT2D eigenvalue weighted by Crippen LogP contribution is -2.04. The average molecular weight is 280 g/mol. The Balaban J connectivity index is 2.10. The molecular weight excluding hydrogens is 266 g/mol. The minimum atomic E-state index is -0.731. The third kappa shape index (κ3) is 3.14. The lowest BCUT2D eigenvalue weighted by molar-refractivity contribution is 0.354. The molecule has 1 aromatic carbocycles. The van der Waals surface area contributed by atoms with E-state index in [2.05, 4.69) is 10.3 Å². The number of halogens is 2. The van der Waals surface area contributed by atoms with E-state index in [0.717, 1.165) is 17.8 Å². The fraction of sp³-hybridized carbons (Fsp3) is 0.214. The van der Waals surface area contributed by atoms with Crippen LogP contribution >= 0.6 is 0 Å². The van der Waals surface area contributed by atoms with Gasteiger partial charge < -0.3 is 14.8 Å². The quantitative estimate of drug-likeness (QED) is 0.914. The van der Waals surface area contributed by atoms with E-state index in [-0.39, 0.29) is 5.82 Å². The molecule has 0 aliphatic heterocycles. The standard InChI is InChI=1S/C14H14F2N2O2/c1-19-12-4-3-9(5-13(12)20-2)7-17-14-11(16)6-10(15)8-18-14/h3-6,8H,7H2,1-2H3,(H,17,18). The second kappa shape index (κ2) is 6.18. The van der Waals surface area contributed by atoms with E-state index in [1.54, 1.807) is 19.2 Å². The molecule has 0 unspecified atom stereocenters. The summed E-state index contributed by atoms with van der Waals surface area (Å²) >= 11 is 0. The van der Waals surface area contributed by atoms with Gasteiger partial charge in [0, 0.05) is 12.6 Å². The number of aromatic nitrogens is 1. The zero-order valence-electron chi connectivity index (χ0n) is 11.1. The Labute approximate surface area is 115 Å². The molecule has 0 amide bonds. The SMILES string of the molecule is COc1ccc(CNc2ncc(F)cc2F)cc1OC. The molecule has 0 radical (unpaired) electrons. The van der Waals surface area contributed by atoms with Gasteiger partial charge in [-0.05, 0) is 17.7 Å². The van der Waals surface area contributed by atoms with Crippen LogP contribution in [0.15, 0.2) is 30.5 Å². The third-order valence-electron chi connectivity index (χ3n) is 2.72. The van der Waals surface area contributed by atoms with E-state index < -0.39 is 11.6 Å². The van der Waals surface area contributed by atoms with Crippen molar-refractivity contribution in [2.45, 2.75) is 6.54 Å². The van der Waals surface area contributed by atoms with Crippen molar-refractivity contribution in [1.29, 1.82) is 0 Å². The molecule has 0 bridgehead atoms. The Bertz CT molecular complexity index is 606. The topological polar surface area (TPSA) is 43.4 Å². The number of pyridine rings is 1. The van der Waals surface area contributed by atoms with Gasteiger partial charge in [0.05, 0.1) is 20.4 Å². The molecule has 0 spiro atoms. The van der Waals surface area contributed by atoms with Gasteiger partial charge in [0.25, 0.3) is 0 Å². The van der Waals surface area contributed by atoms with Crippen LogP contribution in [0.5, 0.6) is 11.5 Å². The highest BCUT2D eigenvalue weighted by Crippen LogP contribution is 2.27. The number of nitrogens with zero attached hydrogens (tertiary/aromatic N) is 1. The number of rotatable bonds is 5. The summed E-state index contributed by atoms with van der Waals surface area (Å²) in [6, 6.07) is 6.12. The number of nitrogens with one attached hydrogen (secondary N) is 1. The minimum Gasteiger partial charge on any atom is -0.493 e. The number of anilines is 1. The molecule has 2 rings (SSSR count). The number of hydrogen-bond donors (Lipinski definition) is 1. The van der Waals surface area contributed by atoms with E-state index in [9.17, 15) is 8.78 Å². The van der Waals surface area contributed by atoms with Crippen LogP contribution in [-0.4, -0.2) is 19.2 Å². The van der Waals surface area contributed by atoms with Crippen LogP contribution in [0.1, 0.15) is 5.56 Å². The van der Waals surface area contributed by atoms with Crippen molar-refractivity contribution < 1.29 is 18.3 Å². The van der Waals surface area contributed by atoms with Crippen molar-refractivity contribution in [3.8, 4) is 11.5 Å². The average Bonchev–Trinajstić information content (AvgIpc) is 2.46. The fourth-order valence-electron chi connectivity index (χ4n) is 1.72. The van der Waals surface area contributed by atoms with E-state index in [1.165, 1.54) is 7.11 Å².